The van der Waals surface area contributed by atoms with Gasteiger partial charge in [0.25, 0.3) is 0 Å². The highest BCUT2D eigenvalue weighted by atomic mass is 35.5. The van der Waals surface area contributed by atoms with Crippen molar-refractivity contribution in [1.29, 1.82) is 0 Å². The highest BCUT2D eigenvalue weighted by Crippen LogP contribution is 2.32. The van der Waals surface area contributed by atoms with Gasteiger partial charge in [-0.15, -0.1) is 0 Å². The summed E-state index contributed by atoms with van der Waals surface area (Å²) in [6.07, 6.45) is 4.26. The van der Waals surface area contributed by atoms with Crippen LogP contribution in [-0.2, 0) is 11.3 Å². The van der Waals surface area contributed by atoms with E-state index in [1.54, 1.807) is 0 Å². The van der Waals surface area contributed by atoms with E-state index in [1.807, 2.05) is 43.9 Å². The predicted molar refractivity (Wildman–Crippen MR) is 101 cm³/mol. The minimum atomic E-state index is -0.444. The molecular weight excluding hydrogens is 336 g/mol. The molecule has 1 amide bonds. The van der Waals surface area contributed by atoms with Gasteiger partial charge in [-0.05, 0) is 64.3 Å². The molecule has 2 atom stereocenters. The highest BCUT2D eigenvalue weighted by Gasteiger charge is 2.42. The lowest BCUT2D eigenvalue weighted by Gasteiger charge is -2.34. The maximum absolute atomic E-state index is 12.6. The van der Waals surface area contributed by atoms with Crippen LogP contribution in [0.25, 0.3) is 0 Å². The fourth-order valence-corrected chi connectivity index (χ4v) is 4.27. The zero-order valence-corrected chi connectivity index (χ0v) is 16.3. The van der Waals surface area contributed by atoms with Gasteiger partial charge in [0, 0.05) is 24.2 Å². The first kappa shape index (κ1) is 18.5. The van der Waals surface area contributed by atoms with Crippen LogP contribution in [0.1, 0.15) is 52.0 Å². The van der Waals surface area contributed by atoms with Gasteiger partial charge in [0.1, 0.15) is 5.60 Å². The van der Waals surface area contributed by atoms with Gasteiger partial charge >= 0.3 is 6.09 Å². The summed E-state index contributed by atoms with van der Waals surface area (Å²) in [6, 6.07) is 8.77. The third kappa shape index (κ3) is 4.68. The third-order valence-electron chi connectivity index (χ3n) is 5.08. The fraction of sp³-hybridized carbons (Fsp3) is 0.650. The molecule has 2 heterocycles. The Balaban J connectivity index is 1.72. The molecule has 2 unspecified atom stereocenters. The van der Waals surface area contributed by atoms with Crippen LogP contribution >= 0.6 is 11.6 Å². The maximum atomic E-state index is 12.6. The van der Waals surface area contributed by atoms with E-state index in [-0.39, 0.29) is 12.1 Å². The molecule has 0 N–H and O–H groups in total. The van der Waals surface area contributed by atoms with Crippen LogP contribution in [0.2, 0.25) is 5.02 Å². The summed E-state index contributed by atoms with van der Waals surface area (Å²) >= 11 is 6.14. The van der Waals surface area contributed by atoms with Crippen molar-refractivity contribution in [3.63, 3.8) is 0 Å². The number of benzene rings is 1. The van der Waals surface area contributed by atoms with Gasteiger partial charge in [-0.2, -0.15) is 0 Å². The summed E-state index contributed by atoms with van der Waals surface area (Å²) in [4.78, 5) is 17.1. The van der Waals surface area contributed by atoms with E-state index in [1.165, 1.54) is 12.0 Å². The molecule has 4 nitrogen and oxygen atoms in total. The summed E-state index contributed by atoms with van der Waals surface area (Å²) in [5.74, 6) is 0. The number of nitrogens with zero attached hydrogens (tertiary/aromatic N) is 2. The van der Waals surface area contributed by atoms with Crippen molar-refractivity contribution in [2.45, 2.75) is 70.7 Å². The largest absolute Gasteiger partial charge is 0.444 e. The Morgan fingerprint density at radius 2 is 2.00 bits per heavy atom. The highest BCUT2D eigenvalue weighted by molar-refractivity contribution is 6.30. The average Bonchev–Trinajstić information content (AvgIpc) is 2.83. The molecule has 0 spiro atoms. The number of fused-ring (bicyclic) bond motifs is 1. The van der Waals surface area contributed by atoms with E-state index in [9.17, 15) is 4.79 Å². The van der Waals surface area contributed by atoms with Crippen molar-refractivity contribution in [3.05, 3.63) is 34.9 Å². The molecule has 0 radical (unpaired) electrons. The quantitative estimate of drug-likeness (QED) is 0.762. The first-order chi connectivity index (χ1) is 11.8. The lowest BCUT2D eigenvalue weighted by atomic mass is 10.0. The molecule has 1 aromatic rings. The van der Waals surface area contributed by atoms with Crippen molar-refractivity contribution < 1.29 is 9.53 Å². The van der Waals surface area contributed by atoms with Gasteiger partial charge in [0.15, 0.2) is 0 Å². The number of carbonyl (C=O) groups excluding carboxylic acids is 1. The van der Waals surface area contributed by atoms with Gasteiger partial charge in [-0.3, -0.25) is 4.90 Å². The van der Waals surface area contributed by atoms with E-state index in [2.05, 4.69) is 11.0 Å². The Morgan fingerprint density at radius 3 is 2.72 bits per heavy atom. The molecule has 2 saturated heterocycles. The number of halogens is 1. The Bertz CT molecular complexity index is 614. The van der Waals surface area contributed by atoms with E-state index in [0.29, 0.717) is 6.04 Å². The number of rotatable bonds is 2. The van der Waals surface area contributed by atoms with Crippen molar-refractivity contribution >= 4 is 17.7 Å². The van der Waals surface area contributed by atoms with Gasteiger partial charge in [-0.25, -0.2) is 4.79 Å². The predicted octanol–water partition coefficient (Wildman–Crippen LogP) is 4.70. The number of amides is 1. The second kappa shape index (κ2) is 7.55. The molecule has 138 valence electrons. The first-order valence-electron chi connectivity index (χ1n) is 9.31. The first-order valence-corrected chi connectivity index (χ1v) is 9.69. The van der Waals surface area contributed by atoms with Crippen LogP contribution in [0.4, 0.5) is 4.79 Å². The molecule has 2 aliphatic heterocycles. The molecule has 3 rings (SSSR count). The van der Waals surface area contributed by atoms with Crippen LogP contribution in [0.15, 0.2) is 24.3 Å². The SMILES string of the molecule is CC(C)(C)OC(=O)N1CCC2C1CCCCN2Cc1cccc(Cl)c1. The Labute approximate surface area is 156 Å². The molecule has 1 aromatic carbocycles. The monoisotopic (exact) mass is 364 g/mol. The normalized spacial score (nSPS) is 24.7. The lowest BCUT2D eigenvalue weighted by Crippen LogP contribution is -2.46. The van der Waals surface area contributed by atoms with E-state index < -0.39 is 5.60 Å². The molecule has 5 heteroatoms. The summed E-state index contributed by atoms with van der Waals surface area (Å²) in [6.45, 7) is 8.54. The molecule has 0 bridgehead atoms. The molecule has 2 aliphatic rings. The topological polar surface area (TPSA) is 32.8 Å². The second-order valence-electron chi connectivity index (χ2n) is 8.19. The van der Waals surface area contributed by atoms with E-state index in [4.69, 9.17) is 16.3 Å². The van der Waals surface area contributed by atoms with Crippen LogP contribution in [0.5, 0.6) is 0 Å². The number of hydrogen-bond acceptors (Lipinski definition) is 3. The van der Waals surface area contributed by atoms with Crippen LogP contribution in [0.3, 0.4) is 0 Å². The van der Waals surface area contributed by atoms with Crippen molar-refractivity contribution in [2.75, 3.05) is 13.1 Å². The third-order valence-corrected chi connectivity index (χ3v) is 5.31. The van der Waals surface area contributed by atoms with E-state index >= 15 is 0 Å². The fourth-order valence-electron chi connectivity index (χ4n) is 4.06. The molecule has 0 saturated carbocycles. The van der Waals surface area contributed by atoms with Crippen molar-refractivity contribution in [2.24, 2.45) is 0 Å². The van der Waals surface area contributed by atoms with Gasteiger partial charge in [0.05, 0.1) is 6.04 Å². The van der Waals surface area contributed by atoms with Crippen LogP contribution in [0, 0.1) is 0 Å². The molecular formula is C20H29ClN2O2. The standard InChI is InChI=1S/C20H29ClN2O2/c1-20(2,3)25-19(24)23-12-10-17-18(23)9-4-5-11-22(17)14-15-7-6-8-16(21)13-15/h6-8,13,17-18H,4-5,9-12,14H2,1-3H3. The minimum Gasteiger partial charge on any atom is -0.444 e. The van der Waals surface area contributed by atoms with Crippen LogP contribution in [-0.4, -0.2) is 46.7 Å². The number of hydrogen-bond donors (Lipinski definition) is 0. The molecule has 0 aliphatic carbocycles. The van der Waals surface area contributed by atoms with Gasteiger partial charge in [0.2, 0.25) is 0 Å². The summed E-state index contributed by atoms with van der Waals surface area (Å²) in [5.41, 5.74) is 0.796. The van der Waals surface area contributed by atoms with E-state index in [0.717, 1.165) is 43.9 Å². The molecule has 25 heavy (non-hydrogen) atoms. The number of likely N-dealkylation sites (tertiary alicyclic amines) is 2. The maximum Gasteiger partial charge on any atom is 0.410 e. The zero-order chi connectivity index (χ0) is 18.0. The van der Waals surface area contributed by atoms with Crippen LogP contribution < -0.4 is 0 Å². The summed E-state index contributed by atoms with van der Waals surface area (Å²) in [5, 5.41) is 0.783. The summed E-state index contributed by atoms with van der Waals surface area (Å²) < 4.78 is 5.63. The lowest BCUT2D eigenvalue weighted by molar-refractivity contribution is 0.0186. The van der Waals surface area contributed by atoms with Gasteiger partial charge < -0.3 is 9.64 Å². The second-order valence-corrected chi connectivity index (χ2v) is 8.63. The number of carbonyl (C=O) groups is 1. The van der Waals surface area contributed by atoms with Gasteiger partial charge in [-0.1, -0.05) is 30.2 Å². The molecule has 2 fully saturated rings. The molecule has 0 aromatic heterocycles. The zero-order valence-electron chi connectivity index (χ0n) is 15.5. The summed E-state index contributed by atoms with van der Waals surface area (Å²) in [7, 11) is 0. The minimum absolute atomic E-state index is 0.162. The average molecular weight is 365 g/mol. The number of ether oxygens (including phenoxy) is 1. The van der Waals surface area contributed by atoms with Crippen molar-refractivity contribution in [1.82, 2.24) is 9.80 Å². The Morgan fingerprint density at radius 1 is 1.20 bits per heavy atom. The Kier molecular flexibility index (Phi) is 5.59. The van der Waals surface area contributed by atoms with Crippen molar-refractivity contribution in [3.8, 4) is 0 Å². The Hall–Kier alpha value is -1.26. The smallest absolute Gasteiger partial charge is 0.410 e.